The predicted molar refractivity (Wildman–Crippen MR) is 44.7 cm³/mol. The molecule has 1 atom stereocenters. The van der Waals surface area contributed by atoms with Gasteiger partial charge in [-0.05, 0) is 19.3 Å². The topological polar surface area (TPSA) is 46.5 Å². The Hall–Kier alpha value is -0.990. The predicted octanol–water partition coefficient (Wildman–Crippen LogP) is 1.79. The fraction of sp³-hybridized carbons (Fsp3) is 0.667. The number of cyclic esters (lactones) is 1. The minimum absolute atomic E-state index is 0.105. The van der Waals surface area contributed by atoms with Gasteiger partial charge in [-0.15, -0.1) is 0 Å². The van der Waals surface area contributed by atoms with Gasteiger partial charge in [-0.2, -0.15) is 0 Å². The molecule has 0 aromatic carbocycles. The maximum Gasteiger partial charge on any atom is 0.338 e. The smallest absolute Gasteiger partial charge is 0.338 e. The monoisotopic (exact) mass is 170 g/mol. The molecular weight excluding hydrogens is 156 g/mol. The van der Waals surface area contributed by atoms with Crippen molar-refractivity contribution >= 4 is 5.97 Å². The summed E-state index contributed by atoms with van der Waals surface area (Å²) >= 11 is 0. The number of rotatable bonds is 2. The van der Waals surface area contributed by atoms with Crippen molar-refractivity contribution < 1.29 is 14.6 Å². The molecule has 0 aromatic rings. The Kier molecular flexibility index (Phi) is 2.40. The molecule has 1 heterocycles. The van der Waals surface area contributed by atoms with Crippen LogP contribution >= 0.6 is 0 Å². The maximum absolute atomic E-state index is 11.1. The van der Waals surface area contributed by atoms with Crippen LogP contribution in [0, 0.1) is 5.92 Å². The molecule has 0 radical (unpaired) electrons. The van der Waals surface area contributed by atoms with Gasteiger partial charge < -0.3 is 9.84 Å². The fourth-order valence-corrected chi connectivity index (χ4v) is 1.23. The summed E-state index contributed by atoms with van der Waals surface area (Å²) in [5, 5.41) is 9.41. The summed E-state index contributed by atoms with van der Waals surface area (Å²) in [6.45, 7) is 5.66. The van der Waals surface area contributed by atoms with Gasteiger partial charge in [-0.1, -0.05) is 13.8 Å². The molecule has 1 aliphatic heterocycles. The van der Waals surface area contributed by atoms with E-state index in [1.165, 1.54) is 0 Å². The van der Waals surface area contributed by atoms with Gasteiger partial charge in [0.05, 0.1) is 5.57 Å². The highest BCUT2D eigenvalue weighted by Crippen LogP contribution is 2.25. The van der Waals surface area contributed by atoms with Crippen LogP contribution < -0.4 is 0 Å². The van der Waals surface area contributed by atoms with E-state index in [9.17, 15) is 9.90 Å². The Morgan fingerprint density at radius 2 is 2.17 bits per heavy atom. The third-order valence-corrected chi connectivity index (χ3v) is 1.84. The number of hydrogen-bond acceptors (Lipinski definition) is 3. The van der Waals surface area contributed by atoms with E-state index >= 15 is 0 Å². The molecule has 12 heavy (non-hydrogen) atoms. The van der Waals surface area contributed by atoms with Gasteiger partial charge in [0.1, 0.15) is 5.76 Å². The van der Waals surface area contributed by atoms with Gasteiger partial charge in [0.2, 0.25) is 0 Å². The van der Waals surface area contributed by atoms with Gasteiger partial charge >= 0.3 is 5.97 Å². The van der Waals surface area contributed by atoms with Gasteiger partial charge in [0, 0.05) is 0 Å². The van der Waals surface area contributed by atoms with Crippen molar-refractivity contribution in [1.82, 2.24) is 0 Å². The summed E-state index contributed by atoms with van der Waals surface area (Å²) in [4.78, 5) is 11.1. The van der Waals surface area contributed by atoms with Crippen LogP contribution in [-0.4, -0.2) is 17.2 Å². The molecule has 1 N–H and O–H groups in total. The number of aliphatic hydroxyl groups excluding tert-OH is 1. The molecule has 0 saturated carbocycles. The summed E-state index contributed by atoms with van der Waals surface area (Å²) in [7, 11) is 0. The van der Waals surface area contributed by atoms with Gasteiger partial charge in [-0.25, -0.2) is 4.79 Å². The zero-order valence-electron chi connectivity index (χ0n) is 7.63. The van der Waals surface area contributed by atoms with Gasteiger partial charge in [0.25, 0.3) is 0 Å². The molecule has 0 aliphatic carbocycles. The molecule has 1 aliphatic rings. The standard InChI is InChI=1S/C9H14O3/c1-5(2)4-7-8(10)6(3)12-9(7)11/h5-6,10H,4H2,1-3H3/t6-/m0/s1. The van der Waals surface area contributed by atoms with Crippen LogP contribution in [0.1, 0.15) is 27.2 Å². The molecule has 1 rings (SSSR count). The van der Waals surface area contributed by atoms with Crippen molar-refractivity contribution in [2.45, 2.75) is 33.3 Å². The van der Waals surface area contributed by atoms with Crippen LogP contribution in [-0.2, 0) is 9.53 Å². The Balaban J connectivity index is 2.78. The first-order chi connectivity index (χ1) is 5.52. The molecule has 68 valence electrons. The lowest BCUT2D eigenvalue weighted by molar-refractivity contribution is -0.139. The summed E-state index contributed by atoms with van der Waals surface area (Å²) in [6, 6.07) is 0. The quantitative estimate of drug-likeness (QED) is 0.642. The van der Waals surface area contributed by atoms with E-state index in [0.29, 0.717) is 17.9 Å². The fourth-order valence-electron chi connectivity index (χ4n) is 1.23. The maximum atomic E-state index is 11.1. The van der Waals surface area contributed by atoms with Crippen molar-refractivity contribution in [3.8, 4) is 0 Å². The lowest BCUT2D eigenvalue weighted by Gasteiger charge is -2.02. The van der Waals surface area contributed by atoms with E-state index in [4.69, 9.17) is 4.74 Å². The normalized spacial score (nSPS) is 23.7. The van der Waals surface area contributed by atoms with E-state index in [2.05, 4.69) is 0 Å². The molecule has 0 bridgehead atoms. The molecule has 0 saturated heterocycles. The van der Waals surface area contributed by atoms with Crippen molar-refractivity contribution in [3.63, 3.8) is 0 Å². The summed E-state index contributed by atoms with van der Waals surface area (Å²) in [6.07, 6.45) is 0.140. The average molecular weight is 170 g/mol. The number of esters is 1. The molecule has 0 unspecified atom stereocenters. The van der Waals surface area contributed by atoms with Crippen molar-refractivity contribution in [2.75, 3.05) is 0 Å². The largest absolute Gasteiger partial charge is 0.508 e. The Labute approximate surface area is 72.0 Å². The summed E-state index contributed by atoms with van der Waals surface area (Å²) in [5.74, 6) is 0.0994. The summed E-state index contributed by atoms with van der Waals surface area (Å²) in [5.41, 5.74) is 0.442. The summed E-state index contributed by atoms with van der Waals surface area (Å²) < 4.78 is 4.82. The second-order valence-corrected chi connectivity index (χ2v) is 3.51. The third-order valence-electron chi connectivity index (χ3n) is 1.84. The van der Waals surface area contributed by atoms with Gasteiger partial charge in [0.15, 0.2) is 6.10 Å². The van der Waals surface area contributed by atoms with Crippen LogP contribution in [0.5, 0.6) is 0 Å². The average Bonchev–Trinajstić information content (AvgIpc) is 2.16. The first kappa shape index (κ1) is 9.10. The lowest BCUT2D eigenvalue weighted by atomic mass is 10.0. The Morgan fingerprint density at radius 3 is 2.50 bits per heavy atom. The van der Waals surface area contributed by atoms with Crippen molar-refractivity contribution in [1.29, 1.82) is 0 Å². The van der Waals surface area contributed by atoms with E-state index in [0.717, 1.165) is 0 Å². The van der Waals surface area contributed by atoms with E-state index in [1.54, 1.807) is 6.92 Å². The zero-order chi connectivity index (χ0) is 9.30. The minimum atomic E-state index is -0.453. The first-order valence-electron chi connectivity index (χ1n) is 4.15. The van der Waals surface area contributed by atoms with E-state index < -0.39 is 6.10 Å². The molecule has 0 amide bonds. The molecule has 0 aromatic heterocycles. The molecule has 0 fully saturated rings. The Morgan fingerprint density at radius 1 is 1.58 bits per heavy atom. The van der Waals surface area contributed by atoms with Crippen LogP contribution in [0.4, 0.5) is 0 Å². The molecule has 3 nitrogen and oxygen atoms in total. The van der Waals surface area contributed by atoms with Crippen LogP contribution in [0.3, 0.4) is 0 Å². The number of carbonyl (C=O) groups excluding carboxylic acids is 1. The van der Waals surface area contributed by atoms with Gasteiger partial charge in [-0.3, -0.25) is 0 Å². The number of ether oxygens (including phenoxy) is 1. The van der Waals surface area contributed by atoms with E-state index in [-0.39, 0.29) is 11.7 Å². The zero-order valence-corrected chi connectivity index (χ0v) is 7.63. The number of carbonyl (C=O) groups is 1. The van der Waals surface area contributed by atoms with Crippen LogP contribution in [0.2, 0.25) is 0 Å². The number of aliphatic hydroxyl groups is 1. The highest BCUT2D eigenvalue weighted by Gasteiger charge is 2.30. The van der Waals surface area contributed by atoms with Crippen molar-refractivity contribution in [2.24, 2.45) is 5.92 Å². The highest BCUT2D eigenvalue weighted by atomic mass is 16.6. The lowest BCUT2D eigenvalue weighted by Crippen LogP contribution is -2.05. The highest BCUT2D eigenvalue weighted by molar-refractivity contribution is 5.91. The first-order valence-corrected chi connectivity index (χ1v) is 4.15. The molecule has 3 heteroatoms. The number of hydrogen-bond donors (Lipinski definition) is 1. The molecular formula is C9H14O3. The second-order valence-electron chi connectivity index (χ2n) is 3.51. The molecule has 0 spiro atoms. The third kappa shape index (κ3) is 1.60. The van der Waals surface area contributed by atoms with Crippen LogP contribution in [0.25, 0.3) is 0 Å². The van der Waals surface area contributed by atoms with E-state index in [1.807, 2.05) is 13.8 Å². The Bertz CT molecular complexity index is 228. The van der Waals surface area contributed by atoms with Crippen molar-refractivity contribution in [3.05, 3.63) is 11.3 Å². The SMILES string of the molecule is CC(C)CC1=C(O)[C@H](C)OC1=O. The van der Waals surface area contributed by atoms with Crippen LogP contribution in [0.15, 0.2) is 11.3 Å². The minimum Gasteiger partial charge on any atom is -0.508 e. The second kappa shape index (κ2) is 3.17.